The smallest absolute Gasteiger partial charge is 0.157 e. The van der Waals surface area contributed by atoms with E-state index in [1.807, 2.05) is 29.3 Å². The molecule has 1 unspecified atom stereocenters. The van der Waals surface area contributed by atoms with Crippen LogP contribution >= 0.6 is 23.1 Å². The third-order valence-electron chi connectivity index (χ3n) is 4.16. The Balaban J connectivity index is 1.66. The summed E-state index contributed by atoms with van der Waals surface area (Å²) in [6.45, 7) is 0.928. The van der Waals surface area contributed by atoms with Gasteiger partial charge in [-0.3, -0.25) is 9.98 Å². The van der Waals surface area contributed by atoms with Crippen LogP contribution < -0.4 is 15.9 Å². The number of nitrogens with one attached hydrogen (secondary N) is 1. The van der Waals surface area contributed by atoms with Crippen molar-refractivity contribution in [3.63, 3.8) is 0 Å². The molecule has 5 heteroatoms. The van der Waals surface area contributed by atoms with Crippen molar-refractivity contribution in [2.75, 3.05) is 12.3 Å². The maximum Gasteiger partial charge on any atom is 0.157 e. The van der Waals surface area contributed by atoms with Gasteiger partial charge in [0.1, 0.15) is 0 Å². The largest absolute Gasteiger partial charge is 0.357 e. The van der Waals surface area contributed by atoms with Gasteiger partial charge in [0.25, 0.3) is 0 Å². The van der Waals surface area contributed by atoms with Gasteiger partial charge in [0.15, 0.2) is 5.17 Å². The number of hydrogen-bond donors (Lipinski definition) is 1. The maximum absolute atomic E-state index is 4.56. The van der Waals surface area contributed by atoms with Gasteiger partial charge in [-0.15, -0.1) is 11.3 Å². The average molecular weight is 342 g/mol. The summed E-state index contributed by atoms with van der Waals surface area (Å²) in [6.07, 6.45) is 9.72. The van der Waals surface area contributed by atoms with Crippen LogP contribution in [0.3, 0.4) is 0 Å². The normalized spacial score (nSPS) is 17.7. The highest BCUT2D eigenvalue weighted by atomic mass is 32.2. The molecule has 0 aromatic carbocycles. The molecule has 0 bridgehead atoms. The Morgan fingerprint density at radius 3 is 3.00 bits per heavy atom. The van der Waals surface area contributed by atoms with Gasteiger partial charge in [-0.1, -0.05) is 30.0 Å². The van der Waals surface area contributed by atoms with Crippen molar-refractivity contribution in [3.05, 3.63) is 50.8 Å². The highest BCUT2D eigenvalue weighted by Gasteiger charge is 2.18. The lowest BCUT2D eigenvalue weighted by atomic mass is 10.0. The standard InChI is InChI=1S/C18H19N3S2/c1-2-5-15-14(4-1)13(7-8-19-15)12-16(17-6-3-10-22-17)21-18-20-9-11-23-18/h3-8,10,16H,1-2,9,11-12H2,(H,20,21). The minimum atomic E-state index is 0.279. The van der Waals surface area contributed by atoms with Gasteiger partial charge >= 0.3 is 0 Å². The van der Waals surface area contributed by atoms with Crippen LogP contribution in [0, 0.1) is 0 Å². The SMILES string of the molecule is C1=c2nccc(CC(NC3=NCCS3)c3cccs3)c2=CCC1. The molecule has 0 fully saturated rings. The molecule has 0 saturated carbocycles. The highest BCUT2D eigenvalue weighted by Crippen LogP contribution is 2.24. The number of amidine groups is 1. The predicted octanol–water partition coefficient (Wildman–Crippen LogP) is 2.47. The van der Waals surface area contributed by atoms with E-state index >= 15 is 0 Å². The molecule has 1 N–H and O–H groups in total. The van der Waals surface area contributed by atoms with Gasteiger partial charge in [-0.05, 0) is 47.6 Å². The van der Waals surface area contributed by atoms with Crippen LogP contribution in [0.15, 0.2) is 34.8 Å². The Bertz CT molecular complexity index is 824. The first-order chi connectivity index (χ1) is 11.4. The fourth-order valence-corrected chi connectivity index (χ4v) is 4.62. The number of aromatic nitrogens is 1. The molecule has 2 aliphatic rings. The van der Waals surface area contributed by atoms with Gasteiger partial charge in [-0.25, -0.2) is 0 Å². The van der Waals surface area contributed by atoms with E-state index in [-0.39, 0.29) is 6.04 Å². The molecule has 0 spiro atoms. The van der Waals surface area contributed by atoms with E-state index in [9.17, 15) is 0 Å². The first kappa shape index (κ1) is 15.0. The van der Waals surface area contributed by atoms with Crippen molar-refractivity contribution in [2.45, 2.75) is 25.3 Å². The quantitative estimate of drug-likeness (QED) is 0.928. The van der Waals surface area contributed by atoms with Crippen LogP contribution in [-0.4, -0.2) is 22.4 Å². The summed E-state index contributed by atoms with van der Waals surface area (Å²) >= 11 is 3.64. The molecule has 0 amide bonds. The third kappa shape index (κ3) is 3.35. The Kier molecular flexibility index (Phi) is 4.48. The van der Waals surface area contributed by atoms with Crippen molar-refractivity contribution in [2.24, 2.45) is 4.99 Å². The summed E-state index contributed by atoms with van der Waals surface area (Å²) in [5.74, 6) is 1.09. The number of thiophene rings is 1. The first-order valence-electron chi connectivity index (χ1n) is 8.01. The molecule has 1 aliphatic heterocycles. The van der Waals surface area contributed by atoms with Gasteiger partial charge < -0.3 is 5.32 Å². The second kappa shape index (κ2) is 6.89. The molecule has 3 heterocycles. The summed E-state index contributed by atoms with van der Waals surface area (Å²) in [4.78, 5) is 10.4. The number of hydrogen-bond acceptors (Lipinski definition) is 5. The summed E-state index contributed by atoms with van der Waals surface area (Å²) in [5, 5.41) is 9.35. The zero-order chi connectivity index (χ0) is 15.5. The van der Waals surface area contributed by atoms with Crippen molar-refractivity contribution in [3.8, 4) is 0 Å². The van der Waals surface area contributed by atoms with E-state index in [4.69, 9.17) is 0 Å². The molecular formula is C18H19N3S2. The molecule has 4 rings (SSSR count). The number of aliphatic imine (C=N–C) groups is 1. The Hall–Kier alpha value is -1.59. The lowest BCUT2D eigenvalue weighted by Crippen LogP contribution is -2.35. The number of fused-ring (bicyclic) bond motifs is 1. The van der Waals surface area contributed by atoms with E-state index in [0.717, 1.165) is 42.1 Å². The van der Waals surface area contributed by atoms with Gasteiger partial charge in [-0.2, -0.15) is 0 Å². The van der Waals surface area contributed by atoms with Gasteiger partial charge in [0, 0.05) is 16.8 Å². The molecule has 3 nitrogen and oxygen atoms in total. The number of thioether (sulfide) groups is 1. The molecule has 118 valence electrons. The van der Waals surface area contributed by atoms with Crippen LogP contribution in [0.25, 0.3) is 12.2 Å². The summed E-state index contributed by atoms with van der Waals surface area (Å²) in [5.41, 5.74) is 1.38. The van der Waals surface area contributed by atoms with Crippen molar-refractivity contribution in [1.82, 2.24) is 10.3 Å². The molecule has 1 aliphatic carbocycles. The molecule has 23 heavy (non-hydrogen) atoms. The fraction of sp³-hybridized carbons (Fsp3) is 0.333. The second-order valence-electron chi connectivity index (χ2n) is 5.71. The molecule has 1 atom stereocenters. The van der Waals surface area contributed by atoms with E-state index in [0.29, 0.717) is 0 Å². The summed E-state index contributed by atoms with van der Waals surface area (Å²) in [7, 11) is 0. The molecule has 0 saturated heterocycles. The topological polar surface area (TPSA) is 37.3 Å². The Labute approximate surface area is 144 Å². The lowest BCUT2D eigenvalue weighted by molar-refractivity contribution is 0.656. The molecule has 0 radical (unpaired) electrons. The van der Waals surface area contributed by atoms with Gasteiger partial charge in [0.2, 0.25) is 0 Å². The monoisotopic (exact) mass is 341 g/mol. The number of pyridine rings is 1. The van der Waals surface area contributed by atoms with Crippen LogP contribution in [-0.2, 0) is 6.42 Å². The maximum atomic E-state index is 4.56. The van der Waals surface area contributed by atoms with Crippen LogP contribution in [0.5, 0.6) is 0 Å². The fourth-order valence-electron chi connectivity index (χ4n) is 3.06. The molecule has 2 aromatic heterocycles. The van der Waals surface area contributed by atoms with Crippen LogP contribution in [0.2, 0.25) is 0 Å². The van der Waals surface area contributed by atoms with E-state index in [1.54, 1.807) is 0 Å². The van der Waals surface area contributed by atoms with E-state index in [2.05, 4.69) is 51.0 Å². The van der Waals surface area contributed by atoms with Crippen molar-refractivity contribution in [1.29, 1.82) is 0 Å². The molecule has 2 aromatic rings. The van der Waals surface area contributed by atoms with Crippen LogP contribution in [0.4, 0.5) is 0 Å². The van der Waals surface area contributed by atoms with Gasteiger partial charge in [0.05, 0.1) is 17.9 Å². The van der Waals surface area contributed by atoms with Crippen molar-refractivity contribution >= 4 is 40.4 Å². The average Bonchev–Trinajstić information content (AvgIpc) is 3.28. The third-order valence-corrected chi connectivity index (χ3v) is 6.05. The minimum Gasteiger partial charge on any atom is -0.357 e. The lowest BCUT2D eigenvalue weighted by Gasteiger charge is -2.19. The van der Waals surface area contributed by atoms with Crippen LogP contribution in [0.1, 0.15) is 29.3 Å². The Morgan fingerprint density at radius 1 is 1.22 bits per heavy atom. The second-order valence-corrected chi connectivity index (χ2v) is 7.77. The summed E-state index contributed by atoms with van der Waals surface area (Å²) in [6, 6.07) is 6.79. The zero-order valence-electron chi connectivity index (χ0n) is 12.9. The predicted molar refractivity (Wildman–Crippen MR) is 100 cm³/mol. The number of nitrogens with zero attached hydrogens (tertiary/aromatic N) is 2. The minimum absolute atomic E-state index is 0.279. The van der Waals surface area contributed by atoms with Crippen molar-refractivity contribution < 1.29 is 0 Å². The Morgan fingerprint density at radius 2 is 2.17 bits per heavy atom. The van der Waals surface area contributed by atoms with E-state index < -0.39 is 0 Å². The first-order valence-corrected chi connectivity index (χ1v) is 9.88. The van der Waals surface area contributed by atoms with E-state index in [1.165, 1.54) is 15.7 Å². The summed E-state index contributed by atoms with van der Waals surface area (Å²) < 4.78 is 0. The highest BCUT2D eigenvalue weighted by molar-refractivity contribution is 8.14. The zero-order valence-corrected chi connectivity index (χ0v) is 14.5. The molecular weight excluding hydrogens is 322 g/mol. The number of rotatable bonds is 4.